The second kappa shape index (κ2) is 9.21. The van der Waals surface area contributed by atoms with Gasteiger partial charge >= 0.3 is 0 Å². The normalized spacial score (nSPS) is 32.4. The first-order valence-electron chi connectivity index (χ1n) is 12.9. The average Bonchev–Trinajstić information content (AvgIpc) is 3.37. The van der Waals surface area contributed by atoms with Crippen LogP contribution in [0.3, 0.4) is 0 Å². The minimum Gasteiger partial charge on any atom is -0.322 e. The first kappa shape index (κ1) is 22.6. The van der Waals surface area contributed by atoms with Gasteiger partial charge < -0.3 is 9.80 Å². The van der Waals surface area contributed by atoms with Crippen molar-refractivity contribution in [2.24, 2.45) is 11.8 Å². The van der Waals surface area contributed by atoms with E-state index in [0.29, 0.717) is 30.5 Å². The van der Waals surface area contributed by atoms with Crippen LogP contribution in [0, 0.1) is 11.8 Å². The van der Waals surface area contributed by atoms with E-state index in [1.807, 2.05) is 6.07 Å². The van der Waals surface area contributed by atoms with Gasteiger partial charge in [0.15, 0.2) is 0 Å². The van der Waals surface area contributed by atoms with E-state index in [1.54, 1.807) is 4.90 Å². The molecule has 1 aromatic carbocycles. The Morgan fingerprint density at radius 2 is 1.88 bits per heavy atom. The van der Waals surface area contributed by atoms with Gasteiger partial charge in [0.05, 0.1) is 0 Å². The monoisotopic (exact) mass is 451 g/mol. The van der Waals surface area contributed by atoms with Gasteiger partial charge in [-0.2, -0.15) is 0 Å². The van der Waals surface area contributed by atoms with E-state index >= 15 is 0 Å². The molecule has 2 aliphatic carbocycles. The smallest absolute Gasteiger partial charge is 0.255 e. The molecular formula is C27H37N3O3. The maximum atomic E-state index is 13.0. The van der Waals surface area contributed by atoms with Crippen molar-refractivity contribution in [2.75, 3.05) is 7.05 Å². The van der Waals surface area contributed by atoms with Gasteiger partial charge in [-0.05, 0) is 81.0 Å². The number of carbonyl (C=O) groups excluding carboxylic acids is 3. The second-order valence-corrected chi connectivity index (χ2v) is 10.9. The molecule has 1 aromatic rings. The number of imide groups is 1. The van der Waals surface area contributed by atoms with Gasteiger partial charge in [0.2, 0.25) is 11.8 Å². The van der Waals surface area contributed by atoms with Crippen molar-refractivity contribution in [3.63, 3.8) is 0 Å². The van der Waals surface area contributed by atoms with Gasteiger partial charge in [-0.3, -0.25) is 19.7 Å². The fraction of sp³-hybridized carbons (Fsp3) is 0.667. The highest BCUT2D eigenvalue weighted by molar-refractivity contribution is 6.05. The molecule has 1 N–H and O–H groups in total. The van der Waals surface area contributed by atoms with Crippen molar-refractivity contribution in [3.05, 3.63) is 34.9 Å². The van der Waals surface area contributed by atoms with Crippen molar-refractivity contribution < 1.29 is 14.4 Å². The van der Waals surface area contributed by atoms with Crippen LogP contribution in [0.15, 0.2) is 18.2 Å². The Labute approximate surface area is 197 Å². The fourth-order valence-electron chi connectivity index (χ4n) is 6.84. The largest absolute Gasteiger partial charge is 0.322 e. The van der Waals surface area contributed by atoms with Crippen LogP contribution in [0.2, 0.25) is 0 Å². The Morgan fingerprint density at radius 1 is 1.06 bits per heavy atom. The third-order valence-electron chi connectivity index (χ3n) is 8.72. The molecule has 2 heterocycles. The summed E-state index contributed by atoms with van der Waals surface area (Å²) in [6.45, 7) is 2.85. The molecule has 0 aromatic heterocycles. The molecule has 5 atom stereocenters. The Morgan fingerprint density at radius 3 is 2.64 bits per heavy atom. The highest BCUT2D eigenvalue weighted by Gasteiger charge is 2.39. The topological polar surface area (TPSA) is 69.7 Å². The minimum absolute atomic E-state index is 0.0864. The quantitative estimate of drug-likeness (QED) is 0.694. The van der Waals surface area contributed by atoms with E-state index in [2.05, 4.69) is 36.3 Å². The van der Waals surface area contributed by atoms with Crippen LogP contribution in [-0.4, -0.2) is 52.7 Å². The predicted molar refractivity (Wildman–Crippen MR) is 127 cm³/mol. The summed E-state index contributed by atoms with van der Waals surface area (Å²) in [5.41, 5.74) is 3.03. The molecule has 2 saturated carbocycles. The lowest BCUT2D eigenvalue weighted by Gasteiger charge is -2.41. The summed E-state index contributed by atoms with van der Waals surface area (Å²) < 4.78 is 0. The maximum Gasteiger partial charge on any atom is 0.255 e. The minimum atomic E-state index is -0.545. The van der Waals surface area contributed by atoms with Gasteiger partial charge in [-0.15, -0.1) is 0 Å². The number of carbonyl (C=O) groups is 3. The van der Waals surface area contributed by atoms with Gasteiger partial charge in [0, 0.05) is 30.6 Å². The molecule has 0 bridgehead atoms. The van der Waals surface area contributed by atoms with Crippen LogP contribution in [0.4, 0.5) is 0 Å². The van der Waals surface area contributed by atoms with Gasteiger partial charge in [-0.1, -0.05) is 31.9 Å². The number of benzene rings is 1. The molecule has 4 unspecified atom stereocenters. The molecule has 5 rings (SSSR count). The zero-order valence-corrected chi connectivity index (χ0v) is 20.0. The van der Waals surface area contributed by atoms with E-state index in [-0.39, 0.29) is 24.1 Å². The molecule has 3 amide bonds. The molecule has 178 valence electrons. The number of hydrogen-bond donors (Lipinski definition) is 1. The molecule has 6 nitrogen and oxygen atoms in total. The third kappa shape index (κ3) is 4.46. The zero-order valence-electron chi connectivity index (χ0n) is 20.0. The van der Waals surface area contributed by atoms with Crippen LogP contribution in [0.25, 0.3) is 0 Å². The maximum absolute atomic E-state index is 13.0. The van der Waals surface area contributed by atoms with Crippen molar-refractivity contribution in [1.82, 2.24) is 15.1 Å². The van der Waals surface area contributed by atoms with Gasteiger partial charge in [-0.25, -0.2) is 0 Å². The van der Waals surface area contributed by atoms with E-state index in [4.69, 9.17) is 0 Å². The second-order valence-electron chi connectivity index (χ2n) is 10.9. The number of rotatable bonds is 5. The lowest BCUT2D eigenvalue weighted by Crippen LogP contribution is -2.52. The average molecular weight is 452 g/mol. The lowest BCUT2D eigenvalue weighted by molar-refractivity contribution is -0.136. The Balaban J connectivity index is 1.28. The zero-order chi connectivity index (χ0) is 23.1. The SMILES string of the molecule is CC1CCC(N(C)C2CCCC[C@@H]2Cc2ccc3c(c2)CN(C2CCC(=O)NC2=O)C3=O)C1. The van der Waals surface area contributed by atoms with E-state index in [1.165, 1.54) is 50.5 Å². The predicted octanol–water partition coefficient (Wildman–Crippen LogP) is 3.67. The summed E-state index contributed by atoms with van der Waals surface area (Å²) in [6.07, 6.45) is 11.0. The lowest BCUT2D eigenvalue weighted by atomic mass is 9.79. The van der Waals surface area contributed by atoms with E-state index in [9.17, 15) is 14.4 Å². The Hall–Kier alpha value is -2.21. The van der Waals surface area contributed by atoms with Gasteiger partial charge in [0.25, 0.3) is 5.91 Å². The van der Waals surface area contributed by atoms with Gasteiger partial charge in [0.1, 0.15) is 6.04 Å². The molecule has 4 aliphatic rings. The molecule has 2 aliphatic heterocycles. The number of nitrogens with one attached hydrogen (secondary N) is 1. The summed E-state index contributed by atoms with van der Waals surface area (Å²) in [5.74, 6) is 0.822. The van der Waals surface area contributed by atoms with Crippen LogP contribution < -0.4 is 5.32 Å². The number of piperidine rings is 1. The molecule has 6 heteroatoms. The van der Waals surface area contributed by atoms with Crippen LogP contribution in [-0.2, 0) is 22.6 Å². The molecule has 1 saturated heterocycles. The molecule has 0 radical (unpaired) electrons. The van der Waals surface area contributed by atoms with Crippen LogP contribution in [0.1, 0.15) is 86.2 Å². The molecule has 33 heavy (non-hydrogen) atoms. The molecule has 0 spiro atoms. The summed E-state index contributed by atoms with van der Waals surface area (Å²) in [6, 6.07) is 7.10. The van der Waals surface area contributed by atoms with Crippen molar-refractivity contribution in [1.29, 1.82) is 0 Å². The summed E-state index contributed by atoms with van der Waals surface area (Å²) >= 11 is 0. The number of nitrogens with zero attached hydrogens (tertiary/aromatic N) is 2. The Kier molecular flexibility index (Phi) is 6.30. The summed E-state index contributed by atoms with van der Waals surface area (Å²) in [4.78, 5) is 41.2. The molecule has 3 fully saturated rings. The highest BCUT2D eigenvalue weighted by Crippen LogP contribution is 2.37. The van der Waals surface area contributed by atoms with Crippen LogP contribution in [0.5, 0.6) is 0 Å². The first-order chi connectivity index (χ1) is 15.9. The molecular weight excluding hydrogens is 414 g/mol. The first-order valence-corrected chi connectivity index (χ1v) is 12.9. The number of hydrogen-bond acceptors (Lipinski definition) is 4. The van der Waals surface area contributed by atoms with Crippen LogP contribution >= 0.6 is 0 Å². The fourth-order valence-corrected chi connectivity index (χ4v) is 6.84. The number of fused-ring (bicyclic) bond motifs is 1. The highest BCUT2D eigenvalue weighted by atomic mass is 16.2. The summed E-state index contributed by atoms with van der Waals surface area (Å²) in [7, 11) is 2.35. The standard InChI is InChI=1S/C27H37N3O3/c1-17-7-9-21(13-17)29(2)23-6-4-3-5-19(23)14-18-8-10-22-20(15-18)16-30(27(22)33)24-11-12-25(31)28-26(24)32/h8,10,15,17,19,21,23-24H,3-7,9,11-14,16H2,1-2H3,(H,28,31,32)/t17?,19-,21?,23?,24?/m1/s1. The van der Waals surface area contributed by atoms with Crippen molar-refractivity contribution >= 4 is 17.7 Å². The summed E-state index contributed by atoms with van der Waals surface area (Å²) in [5, 5.41) is 2.38. The van der Waals surface area contributed by atoms with Crippen molar-refractivity contribution in [3.8, 4) is 0 Å². The number of amides is 3. The van der Waals surface area contributed by atoms with Crippen molar-refractivity contribution in [2.45, 2.75) is 95.8 Å². The third-order valence-corrected chi connectivity index (χ3v) is 8.72. The Bertz CT molecular complexity index is 945. The van der Waals surface area contributed by atoms with E-state index in [0.717, 1.165) is 23.9 Å². The van der Waals surface area contributed by atoms with E-state index < -0.39 is 6.04 Å².